The van der Waals surface area contributed by atoms with Crippen molar-refractivity contribution in [3.05, 3.63) is 42.5 Å². The summed E-state index contributed by atoms with van der Waals surface area (Å²) >= 11 is 0. The van der Waals surface area contributed by atoms with Gasteiger partial charge in [0.1, 0.15) is 17.2 Å². The molecule has 1 fully saturated rings. The molecule has 0 aromatic heterocycles. The summed E-state index contributed by atoms with van der Waals surface area (Å²) in [5.74, 6) is 1.17. The smallest absolute Gasteiger partial charge is 0.229 e. The van der Waals surface area contributed by atoms with Gasteiger partial charge < -0.3 is 24.4 Å². The van der Waals surface area contributed by atoms with Crippen molar-refractivity contribution in [2.45, 2.75) is 13.3 Å². The lowest BCUT2D eigenvalue weighted by Gasteiger charge is -2.20. The van der Waals surface area contributed by atoms with Crippen molar-refractivity contribution >= 4 is 23.2 Å². The van der Waals surface area contributed by atoms with Crippen LogP contribution < -0.4 is 24.4 Å². The molecule has 0 unspecified atom stereocenters. The Kier molecular flexibility index (Phi) is 6.03. The van der Waals surface area contributed by atoms with Crippen molar-refractivity contribution in [1.82, 2.24) is 0 Å². The minimum absolute atomic E-state index is 0.115. The normalized spacial score (nSPS) is 16.0. The van der Waals surface area contributed by atoms with Gasteiger partial charge in [0.25, 0.3) is 0 Å². The van der Waals surface area contributed by atoms with Gasteiger partial charge in [-0.15, -0.1) is 0 Å². The number of nitrogens with zero attached hydrogens (tertiary/aromatic N) is 1. The summed E-state index contributed by atoms with van der Waals surface area (Å²) in [5.41, 5.74) is 1.30. The van der Waals surface area contributed by atoms with Gasteiger partial charge in [0.15, 0.2) is 0 Å². The van der Waals surface area contributed by atoms with E-state index < -0.39 is 5.92 Å². The molecule has 1 aliphatic heterocycles. The summed E-state index contributed by atoms with van der Waals surface area (Å²) < 4.78 is 16.0. The first kappa shape index (κ1) is 19.5. The fourth-order valence-electron chi connectivity index (χ4n) is 3.17. The molecule has 0 bridgehead atoms. The molecular weight excluding hydrogens is 360 g/mol. The Hall–Kier alpha value is -3.22. The van der Waals surface area contributed by atoms with Crippen LogP contribution in [0.3, 0.4) is 0 Å². The molecule has 2 aromatic rings. The molecule has 1 saturated heterocycles. The predicted molar refractivity (Wildman–Crippen MR) is 106 cm³/mol. The van der Waals surface area contributed by atoms with Crippen LogP contribution in [-0.4, -0.2) is 39.2 Å². The molecule has 3 rings (SSSR count). The molecule has 2 aromatic carbocycles. The van der Waals surface area contributed by atoms with Crippen molar-refractivity contribution in [3.63, 3.8) is 0 Å². The van der Waals surface area contributed by atoms with Gasteiger partial charge in [0.05, 0.1) is 32.4 Å². The van der Waals surface area contributed by atoms with E-state index in [1.54, 1.807) is 54.5 Å². The minimum atomic E-state index is -0.439. The summed E-state index contributed by atoms with van der Waals surface area (Å²) in [7, 11) is 3.10. The fraction of sp³-hybridized carbons (Fsp3) is 0.333. The van der Waals surface area contributed by atoms with Crippen LogP contribution >= 0.6 is 0 Å². The third-order valence-corrected chi connectivity index (χ3v) is 4.61. The Morgan fingerprint density at radius 1 is 1.11 bits per heavy atom. The van der Waals surface area contributed by atoms with E-state index in [1.165, 1.54) is 7.11 Å². The molecule has 2 amide bonds. The van der Waals surface area contributed by atoms with E-state index in [4.69, 9.17) is 14.2 Å². The van der Waals surface area contributed by atoms with Crippen molar-refractivity contribution in [2.75, 3.05) is 37.6 Å². The van der Waals surface area contributed by atoms with E-state index >= 15 is 0 Å². The number of anilines is 2. The second-order valence-electron chi connectivity index (χ2n) is 6.39. The number of carbonyl (C=O) groups excluding carboxylic acids is 2. The first-order valence-corrected chi connectivity index (χ1v) is 9.11. The van der Waals surface area contributed by atoms with Crippen LogP contribution in [0, 0.1) is 5.92 Å². The summed E-state index contributed by atoms with van der Waals surface area (Å²) in [6, 6.07) is 12.4. The average Bonchev–Trinajstić information content (AvgIpc) is 3.10. The largest absolute Gasteiger partial charge is 0.497 e. The maximum absolute atomic E-state index is 12.6. The molecule has 7 heteroatoms. The molecular formula is C21H24N2O5. The van der Waals surface area contributed by atoms with Gasteiger partial charge in [-0.05, 0) is 43.3 Å². The maximum Gasteiger partial charge on any atom is 0.229 e. The molecule has 0 saturated carbocycles. The van der Waals surface area contributed by atoms with Gasteiger partial charge in [-0.3, -0.25) is 9.59 Å². The average molecular weight is 384 g/mol. The molecule has 28 heavy (non-hydrogen) atoms. The van der Waals surface area contributed by atoms with Gasteiger partial charge in [-0.25, -0.2) is 0 Å². The van der Waals surface area contributed by atoms with Crippen LogP contribution in [0.4, 0.5) is 11.4 Å². The number of hydrogen-bond acceptors (Lipinski definition) is 5. The zero-order chi connectivity index (χ0) is 20.1. The molecule has 148 valence electrons. The van der Waals surface area contributed by atoms with E-state index in [0.717, 1.165) is 5.75 Å². The van der Waals surface area contributed by atoms with Crippen LogP contribution in [0.15, 0.2) is 42.5 Å². The SMILES string of the molecule is CCOc1ccc(NC(=O)[C@@H]2CC(=O)N(c3ccc(OC)cc3OC)C2)cc1. The first-order valence-electron chi connectivity index (χ1n) is 9.11. The van der Waals surface area contributed by atoms with Gasteiger partial charge in [-0.2, -0.15) is 0 Å². The lowest BCUT2D eigenvalue weighted by molar-refractivity contribution is -0.122. The Morgan fingerprint density at radius 3 is 2.46 bits per heavy atom. The molecule has 0 radical (unpaired) electrons. The maximum atomic E-state index is 12.6. The lowest BCUT2D eigenvalue weighted by Crippen LogP contribution is -2.28. The highest BCUT2D eigenvalue weighted by Crippen LogP contribution is 2.36. The quantitative estimate of drug-likeness (QED) is 0.794. The van der Waals surface area contributed by atoms with Gasteiger partial charge >= 0.3 is 0 Å². The third kappa shape index (κ3) is 4.19. The first-order chi connectivity index (χ1) is 13.5. The lowest BCUT2D eigenvalue weighted by atomic mass is 10.1. The van der Waals surface area contributed by atoms with E-state index in [0.29, 0.717) is 36.0 Å². The summed E-state index contributed by atoms with van der Waals surface area (Å²) in [5, 5.41) is 2.87. The highest BCUT2D eigenvalue weighted by molar-refractivity contribution is 6.04. The number of carbonyl (C=O) groups is 2. The van der Waals surface area contributed by atoms with E-state index in [1.807, 2.05) is 6.92 Å². The molecule has 0 aliphatic carbocycles. The molecule has 0 spiro atoms. The van der Waals surface area contributed by atoms with Crippen molar-refractivity contribution in [3.8, 4) is 17.2 Å². The Labute approximate surface area is 164 Å². The van der Waals surface area contributed by atoms with Crippen LogP contribution in [0.5, 0.6) is 17.2 Å². The van der Waals surface area contributed by atoms with E-state index in [9.17, 15) is 9.59 Å². The summed E-state index contributed by atoms with van der Waals surface area (Å²) in [6.45, 7) is 2.79. The highest BCUT2D eigenvalue weighted by Gasteiger charge is 2.36. The number of ether oxygens (including phenoxy) is 3. The van der Waals surface area contributed by atoms with Crippen LogP contribution in [0.1, 0.15) is 13.3 Å². The highest BCUT2D eigenvalue weighted by atomic mass is 16.5. The standard InChI is InChI=1S/C21H24N2O5/c1-4-28-16-7-5-15(6-8-16)22-21(25)14-11-20(24)23(13-14)18-10-9-17(26-2)12-19(18)27-3/h5-10,12,14H,4,11,13H2,1-3H3,(H,22,25)/t14-/m1/s1. The summed E-state index contributed by atoms with van der Waals surface area (Å²) in [4.78, 5) is 26.7. The topological polar surface area (TPSA) is 77.1 Å². The molecule has 1 atom stereocenters. The molecule has 1 aliphatic rings. The molecule has 7 nitrogen and oxygen atoms in total. The number of nitrogens with one attached hydrogen (secondary N) is 1. The van der Waals surface area contributed by atoms with Crippen LogP contribution in [0.2, 0.25) is 0 Å². The Bertz CT molecular complexity index is 850. The number of hydrogen-bond donors (Lipinski definition) is 1. The third-order valence-electron chi connectivity index (χ3n) is 4.61. The number of amides is 2. The van der Waals surface area contributed by atoms with Gasteiger partial charge in [0.2, 0.25) is 11.8 Å². The second-order valence-corrected chi connectivity index (χ2v) is 6.39. The van der Waals surface area contributed by atoms with Gasteiger partial charge in [-0.1, -0.05) is 0 Å². The number of rotatable bonds is 7. The zero-order valence-corrected chi connectivity index (χ0v) is 16.2. The molecule has 1 N–H and O–H groups in total. The zero-order valence-electron chi connectivity index (χ0n) is 16.2. The Balaban J connectivity index is 1.69. The number of methoxy groups -OCH3 is 2. The van der Waals surface area contributed by atoms with E-state index in [-0.39, 0.29) is 18.2 Å². The predicted octanol–water partition coefficient (Wildman–Crippen LogP) is 3.09. The van der Waals surface area contributed by atoms with Gasteiger partial charge in [0, 0.05) is 24.7 Å². The monoisotopic (exact) mass is 384 g/mol. The van der Waals surface area contributed by atoms with Crippen molar-refractivity contribution in [2.24, 2.45) is 5.92 Å². The Morgan fingerprint density at radius 2 is 1.82 bits per heavy atom. The second kappa shape index (κ2) is 8.65. The van der Waals surface area contributed by atoms with Crippen LogP contribution in [0.25, 0.3) is 0 Å². The van der Waals surface area contributed by atoms with Crippen molar-refractivity contribution < 1.29 is 23.8 Å². The van der Waals surface area contributed by atoms with E-state index in [2.05, 4.69) is 5.32 Å². The number of benzene rings is 2. The molecule has 1 heterocycles. The fourth-order valence-corrected chi connectivity index (χ4v) is 3.17. The minimum Gasteiger partial charge on any atom is -0.497 e. The van der Waals surface area contributed by atoms with Crippen LogP contribution in [-0.2, 0) is 9.59 Å². The summed E-state index contributed by atoms with van der Waals surface area (Å²) in [6.07, 6.45) is 0.151. The van der Waals surface area contributed by atoms with Crippen molar-refractivity contribution in [1.29, 1.82) is 0 Å².